The van der Waals surface area contributed by atoms with Gasteiger partial charge < -0.3 is 5.32 Å². The Bertz CT molecular complexity index is 748. The monoisotopic (exact) mass is 397 g/mol. The number of hydrogen-bond donors (Lipinski definition) is 1. The number of carbonyl (C=O) groups is 1. The molecule has 3 rings (SSSR count). The van der Waals surface area contributed by atoms with Crippen LogP contribution in [0, 0.1) is 0 Å². The number of halogens is 3. The second-order valence-corrected chi connectivity index (χ2v) is 7.26. The zero-order valence-corrected chi connectivity index (χ0v) is 15.8. The van der Waals surface area contributed by atoms with E-state index in [1.165, 1.54) is 11.3 Å². The fourth-order valence-corrected chi connectivity index (χ4v) is 3.82. The van der Waals surface area contributed by atoms with Crippen molar-refractivity contribution >= 4 is 52.1 Å². The van der Waals surface area contributed by atoms with Crippen LogP contribution < -0.4 is 5.32 Å². The van der Waals surface area contributed by atoms with Gasteiger partial charge in [-0.15, -0.1) is 0 Å². The van der Waals surface area contributed by atoms with E-state index < -0.39 is 0 Å². The quantitative estimate of drug-likeness (QED) is 0.778. The molecule has 0 saturated heterocycles. The summed E-state index contributed by atoms with van der Waals surface area (Å²) in [7, 11) is 0. The maximum atomic E-state index is 12.3. The molecule has 1 aromatic carbocycles. The van der Waals surface area contributed by atoms with Gasteiger partial charge in [0, 0.05) is 30.0 Å². The van der Waals surface area contributed by atoms with E-state index in [9.17, 15) is 4.79 Å². The van der Waals surface area contributed by atoms with E-state index >= 15 is 0 Å². The number of hydrogen-bond acceptors (Lipinski definition) is 3. The molecule has 4 nitrogen and oxygen atoms in total. The molecule has 0 atom stereocenters. The molecule has 0 bridgehead atoms. The van der Waals surface area contributed by atoms with Gasteiger partial charge in [-0.05, 0) is 37.0 Å². The van der Waals surface area contributed by atoms with E-state index in [-0.39, 0.29) is 12.5 Å². The van der Waals surface area contributed by atoms with Gasteiger partial charge in [0.2, 0.25) is 5.91 Å². The number of carbonyl (C=O) groups excluding carboxylic acids is 1. The molecule has 0 aliphatic carbocycles. The molecule has 1 aromatic rings. The van der Waals surface area contributed by atoms with Gasteiger partial charge in [-0.25, -0.2) is 0 Å². The minimum Gasteiger partial charge on any atom is -0.322 e. The SMILES string of the molecule is O=C(CN1CC=C(C2=NC=CCC2)CC1)Nc1c(Cl)cc(Cl)cc1Cl. The Morgan fingerprint density at radius 3 is 2.56 bits per heavy atom. The standard InChI is InChI=1S/C18H18Cl3N3O/c19-13-9-14(20)18(15(21)10-13)23-17(25)11-24-7-4-12(5-8-24)16-3-1-2-6-22-16/h2,4,6,9-10H,1,3,5,7-8,11H2,(H,23,25). The van der Waals surface area contributed by atoms with Gasteiger partial charge in [0.05, 0.1) is 22.3 Å². The lowest BCUT2D eigenvalue weighted by Crippen LogP contribution is -2.37. The molecule has 0 aromatic heterocycles. The summed E-state index contributed by atoms with van der Waals surface area (Å²) >= 11 is 18.1. The minimum absolute atomic E-state index is 0.152. The average molecular weight is 399 g/mol. The Labute approximate surface area is 162 Å². The third-order valence-corrected chi connectivity index (χ3v) is 5.00. The van der Waals surface area contributed by atoms with Gasteiger partial charge in [0.25, 0.3) is 0 Å². The summed E-state index contributed by atoms with van der Waals surface area (Å²) < 4.78 is 0. The van der Waals surface area contributed by atoms with Crippen LogP contribution in [0.25, 0.3) is 0 Å². The first-order valence-corrected chi connectivity index (χ1v) is 9.24. The van der Waals surface area contributed by atoms with Gasteiger partial charge in [0.1, 0.15) is 0 Å². The Balaban J connectivity index is 1.57. The Morgan fingerprint density at radius 1 is 1.20 bits per heavy atom. The Kier molecular flexibility index (Phi) is 6.18. The number of benzene rings is 1. The Morgan fingerprint density at radius 2 is 1.96 bits per heavy atom. The average Bonchev–Trinajstić information content (AvgIpc) is 2.59. The summed E-state index contributed by atoms with van der Waals surface area (Å²) in [4.78, 5) is 18.8. The zero-order chi connectivity index (χ0) is 17.8. The molecule has 2 aliphatic heterocycles. The topological polar surface area (TPSA) is 44.7 Å². The smallest absolute Gasteiger partial charge is 0.238 e. The molecule has 2 aliphatic rings. The van der Waals surface area contributed by atoms with Crippen molar-refractivity contribution in [2.24, 2.45) is 4.99 Å². The minimum atomic E-state index is -0.152. The van der Waals surface area contributed by atoms with Crippen LogP contribution in [0.3, 0.4) is 0 Å². The molecule has 0 fully saturated rings. The van der Waals surface area contributed by atoms with Crippen LogP contribution in [-0.4, -0.2) is 36.2 Å². The third kappa shape index (κ3) is 4.85. The van der Waals surface area contributed by atoms with Crippen LogP contribution in [0.2, 0.25) is 15.1 Å². The molecule has 0 unspecified atom stereocenters. The maximum Gasteiger partial charge on any atom is 0.238 e. The summed E-state index contributed by atoms with van der Waals surface area (Å²) in [6.45, 7) is 1.84. The Hall–Kier alpha value is -1.33. The number of amides is 1. The summed E-state index contributed by atoms with van der Waals surface area (Å²) in [6, 6.07) is 3.11. The van der Waals surface area contributed by atoms with Crippen molar-refractivity contribution in [1.82, 2.24) is 4.90 Å². The van der Waals surface area contributed by atoms with E-state index in [1.54, 1.807) is 12.1 Å². The highest BCUT2D eigenvalue weighted by atomic mass is 35.5. The van der Waals surface area contributed by atoms with Crippen LogP contribution in [0.5, 0.6) is 0 Å². The lowest BCUT2D eigenvalue weighted by molar-refractivity contribution is -0.117. The van der Waals surface area contributed by atoms with Crippen molar-refractivity contribution in [3.05, 3.63) is 51.1 Å². The van der Waals surface area contributed by atoms with E-state index in [0.29, 0.717) is 20.8 Å². The fraction of sp³-hybridized carbons (Fsp3) is 0.333. The third-order valence-electron chi connectivity index (χ3n) is 4.19. The van der Waals surface area contributed by atoms with Gasteiger partial charge in [-0.2, -0.15) is 0 Å². The summed E-state index contributed by atoms with van der Waals surface area (Å²) in [5.41, 5.74) is 2.87. The molecular weight excluding hydrogens is 381 g/mol. The molecule has 132 valence electrons. The second kappa shape index (κ2) is 8.37. The normalized spacial score (nSPS) is 17.9. The van der Waals surface area contributed by atoms with Crippen LogP contribution in [0.15, 0.2) is 41.1 Å². The fourth-order valence-electron chi connectivity index (χ4n) is 2.91. The van der Waals surface area contributed by atoms with E-state index in [4.69, 9.17) is 34.8 Å². The first-order valence-electron chi connectivity index (χ1n) is 8.11. The van der Waals surface area contributed by atoms with Crippen molar-refractivity contribution in [3.63, 3.8) is 0 Å². The van der Waals surface area contributed by atoms with Gasteiger partial charge in [-0.1, -0.05) is 47.0 Å². The lowest BCUT2D eigenvalue weighted by atomic mass is 9.98. The summed E-state index contributed by atoms with van der Waals surface area (Å²) in [5.74, 6) is -0.152. The van der Waals surface area contributed by atoms with Crippen LogP contribution in [0.1, 0.15) is 19.3 Å². The molecule has 7 heteroatoms. The predicted octanol–water partition coefficient (Wildman–Crippen LogP) is 4.97. The molecule has 1 N–H and O–H groups in total. The van der Waals surface area contributed by atoms with Crippen LogP contribution >= 0.6 is 34.8 Å². The van der Waals surface area contributed by atoms with Crippen molar-refractivity contribution in [2.45, 2.75) is 19.3 Å². The molecule has 1 amide bonds. The number of anilines is 1. The molecule has 0 saturated carbocycles. The number of rotatable bonds is 4. The van der Waals surface area contributed by atoms with Crippen molar-refractivity contribution < 1.29 is 4.79 Å². The highest BCUT2D eigenvalue weighted by molar-refractivity contribution is 6.42. The molecule has 25 heavy (non-hydrogen) atoms. The number of aliphatic imine (C=N–C) groups is 1. The first-order chi connectivity index (χ1) is 12.0. The molecule has 2 heterocycles. The molecular formula is C18H18Cl3N3O. The molecule has 0 spiro atoms. The highest BCUT2D eigenvalue weighted by Crippen LogP contribution is 2.33. The van der Waals surface area contributed by atoms with Crippen LogP contribution in [-0.2, 0) is 4.79 Å². The van der Waals surface area contributed by atoms with Gasteiger partial charge in [0.15, 0.2) is 0 Å². The highest BCUT2D eigenvalue weighted by Gasteiger charge is 2.19. The number of nitrogens with zero attached hydrogens (tertiary/aromatic N) is 2. The van der Waals surface area contributed by atoms with Gasteiger partial charge in [-0.3, -0.25) is 14.7 Å². The number of allylic oxidation sites excluding steroid dienone is 1. The summed E-state index contributed by atoms with van der Waals surface area (Å²) in [5, 5.41) is 3.86. The van der Waals surface area contributed by atoms with Crippen molar-refractivity contribution in [2.75, 3.05) is 25.0 Å². The van der Waals surface area contributed by atoms with Crippen molar-refractivity contribution in [3.8, 4) is 0 Å². The number of nitrogens with one attached hydrogen (secondary N) is 1. The second-order valence-electron chi connectivity index (χ2n) is 6.01. The molecule has 0 radical (unpaired) electrons. The maximum absolute atomic E-state index is 12.3. The van der Waals surface area contributed by atoms with Gasteiger partial charge >= 0.3 is 0 Å². The first kappa shape index (κ1) is 18.5. The van der Waals surface area contributed by atoms with Crippen molar-refractivity contribution in [1.29, 1.82) is 0 Å². The van der Waals surface area contributed by atoms with E-state index in [1.807, 2.05) is 6.20 Å². The van der Waals surface area contributed by atoms with Crippen LogP contribution in [0.4, 0.5) is 5.69 Å². The summed E-state index contributed by atoms with van der Waals surface area (Å²) in [6.07, 6.45) is 9.07. The predicted molar refractivity (Wildman–Crippen MR) is 105 cm³/mol. The van der Waals surface area contributed by atoms with E-state index in [0.717, 1.165) is 32.4 Å². The zero-order valence-electron chi connectivity index (χ0n) is 13.6. The lowest BCUT2D eigenvalue weighted by Gasteiger charge is -2.26. The van der Waals surface area contributed by atoms with E-state index in [2.05, 4.69) is 27.4 Å². The largest absolute Gasteiger partial charge is 0.322 e.